The lowest BCUT2D eigenvalue weighted by Crippen LogP contribution is -1.95. The van der Waals surface area contributed by atoms with E-state index < -0.39 is 0 Å². The molecule has 2 rings (SSSR count). The van der Waals surface area contributed by atoms with E-state index in [1.165, 1.54) is 5.56 Å². The summed E-state index contributed by atoms with van der Waals surface area (Å²) in [5.41, 5.74) is 11.0. The molecule has 2 heteroatoms. The van der Waals surface area contributed by atoms with Gasteiger partial charge in [-0.05, 0) is 59.4 Å². The van der Waals surface area contributed by atoms with E-state index in [9.17, 15) is 5.11 Å². The van der Waals surface area contributed by atoms with Crippen LogP contribution in [0.4, 0.5) is 5.69 Å². The maximum absolute atomic E-state index is 9.60. The van der Waals surface area contributed by atoms with Gasteiger partial charge in [0, 0.05) is 5.69 Å². The summed E-state index contributed by atoms with van der Waals surface area (Å²) in [4.78, 5) is 0. The van der Waals surface area contributed by atoms with Crippen molar-refractivity contribution in [2.24, 2.45) is 0 Å². The molecule has 2 aromatic rings. The molecule has 3 N–H and O–H groups in total. The number of anilines is 1. The Hall–Kier alpha value is -1.96. The monoisotopic (exact) mass is 241 g/mol. The maximum atomic E-state index is 9.60. The fourth-order valence-electron chi connectivity index (χ4n) is 2.15. The highest BCUT2D eigenvalue weighted by molar-refractivity contribution is 5.72. The lowest BCUT2D eigenvalue weighted by molar-refractivity contribution is 0.471. The molecule has 0 unspecified atom stereocenters. The third-order valence-electron chi connectivity index (χ3n) is 3.21. The van der Waals surface area contributed by atoms with E-state index in [0.717, 1.165) is 22.4 Å². The van der Waals surface area contributed by atoms with Crippen LogP contribution in [0.15, 0.2) is 36.4 Å². The molecule has 0 spiro atoms. The number of phenolic OH excluding ortho intramolecular Hbond substituents is 1. The molecule has 0 aliphatic carbocycles. The zero-order chi connectivity index (χ0) is 13.3. The number of aromatic hydroxyl groups is 1. The van der Waals surface area contributed by atoms with Crippen LogP contribution in [-0.4, -0.2) is 5.11 Å². The van der Waals surface area contributed by atoms with Gasteiger partial charge >= 0.3 is 0 Å². The Kier molecular flexibility index (Phi) is 3.28. The largest absolute Gasteiger partial charge is 0.508 e. The van der Waals surface area contributed by atoms with Crippen molar-refractivity contribution >= 4 is 5.69 Å². The smallest absolute Gasteiger partial charge is 0.118 e. The SMILES string of the molecule is Cc1cc(-c2cc(N)ccc2C(C)C)ccc1O. The number of phenols is 1. The van der Waals surface area contributed by atoms with Crippen molar-refractivity contribution in [2.75, 3.05) is 5.73 Å². The van der Waals surface area contributed by atoms with Gasteiger partial charge in [-0.15, -0.1) is 0 Å². The molecular weight excluding hydrogens is 222 g/mol. The Morgan fingerprint density at radius 2 is 1.78 bits per heavy atom. The second kappa shape index (κ2) is 4.73. The first-order chi connectivity index (χ1) is 8.49. The van der Waals surface area contributed by atoms with E-state index in [1.807, 2.05) is 31.2 Å². The van der Waals surface area contributed by atoms with Gasteiger partial charge in [-0.3, -0.25) is 0 Å². The summed E-state index contributed by atoms with van der Waals surface area (Å²) in [6.07, 6.45) is 0. The molecule has 0 heterocycles. The Labute approximate surface area is 108 Å². The first-order valence-corrected chi connectivity index (χ1v) is 6.18. The number of aryl methyl sites for hydroxylation is 1. The van der Waals surface area contributed by atoms with Crippen molar-refractivity contribution in [1.82, 2.24) is 0 Å². The maximum Gasteiger partial charge on any atom is 0.118 e. The standard InChI is InChI=1S/C16H19NO/c1-10(2)14-6-5-13(17)9-15(14)12-4-7-16(18)11(3)8-12/h4-10,18H,17H2,1-3H3. The van der Waals surface area contributed by atoms with Gasteiger partial charge in [-0.1, -0.05) is 26.0 Å². The summed E-state index contributed by atoms with van der Waals surface area (Å²) < 4.78 is 0. The molecule has 0 aromatic heterocycles. The van der Waals surface area contributed by atoms with Crippen molar-refractivity contribution in [3.05, 3.63) is 47.5 Å². The van der Waals surface area contributed by atoms with Gasteiger partial charge in [-0.25, -0.2) is 0 Å². The Morgan fingerprint density at radius 3 is 2.39 bits per heavy atom. The van der Waals surface area contributed by atoms with E-state index in [4.69, 9.17) is 5.73 Å². The van der Waals surface area contributed by atoms with Crippen LogP contribution < -0.4 is 5.73 Å². The minimum absolute atomic E-state index is 0.328. The number of hydrogen-bond acceptors (Lipinski definition) is 2. The van der Waals surface area contributed by atoms with Crippen LogP contribution in [0.3, 0.4) is 0 Å². The molecule has 0 atom stereocenters. The topological polar surface area (TPSA) is 46.2 Å². The first kappa shape index (κ1) is 12.5. The third-order valence-corrected chi connectivity index (χ3v) is 3.21. The summed E-state index contributed by atoms with van der Waals surface area (Å²) in [5, 5.41) is 9.60. The number of nitrogen functional groups attached to an aromatic ring is 1. The highest BCUT2D eigenvalue weighted by atomic mass is 16.3. The van der Waals surface area contributed by atoms with Crippen LogP contribution in [0.25, 0.3) is 11.1 Å². The second-order valence-corrected chi connectivity index (χ2v) is 5.00. The van der Waals surface area contributed by atoms with E-state index in [2.05, 4.69) is 19.9 Å². The first-order valence-electron chi connectivity index (χ1n) is 6.18. The van der Waals surface area contributed by atoms with E-state index in [0.29, 0.717) is 11.7 Å². The zero-order valence-electron chi connectivity index (χ0n) is 11.1. The fourth-order valence-corrected chi connectivity index (χ4v) is 2.15. The molecule has 0 saturated carbocycles. The van der Waals surface area contributed by atoms with E-state index in [-0.39, 0.29) is 0 Å². The molecule has 0 fully saturated rings. The molecule has 2 nitrogen and oxygen atoms in total. The molecule has 18 heavy (non-hydrogen) atoms. The molecular formula is C16H19NO. The predicted molar refractivity (Wildman–Crippen MR) is 76.8 cm³/mol. The Bertz CT molecular complexity index is 573. The minimum Gasteiger partial charge on any atom is -0.508 e. The van der Waals surface area contributed by atoms with Crippen LogP contribution in [0.2, 0.25) is 0 Å². The molecule has 0 amide bonds. The molecule has 0 radical (unpaired) electrons. The zero-order valence-corrected chi connectivity index (χ0v) is 11.1. The molecule has 0 bridgehead atoms. The van der Waals surface area contributed by atoms with Gasteiger partial charge < -0.3 is 10.8 Å². The lowest BCUT2D eigenvalue weighted by atomic mass is 9.91. The summed E-state index contributed by atoms with van der Waals surface area (Å²) in [6.45, 7) is 6.24. The quantitative estimate of drug-likeness (QED) is 0.778. The molecule has 0 aliphatic heterocycles. The van der Waals surface area contributed by atoms with Crippen LogP contribution in [0.5, 0.6) is 5.75 Å². The van der Waals surface area contributed by atoms with Gasteiger partial charge in [-0.2, -0.15) is 0 Å². The molecule has 0 saturated heterocycles. The molecule has 2 aromatic carbocycles. The van der Waals surface area contributed by atoms with Crippen LogP contribution in [-0.2, 0) is 0 Å². The average molecular weight is 241 g/mol. The van der Waals surface area contributed by atoms with Gasteiger partial charge in [0.05, 0.1) is 0 Å². The van der Waals surface area contributed by atoms with Crippen molar-refractivity contribution < 1.29 is 5.11 Å². The summed E-state index contributed by atoms with van der Waals surface area (Å²) in [7, 11) is 0. The van der Waals surface area contributed by atoms with Gasteiger partial charge in [0.15, 0.2) is 0 Å². The second-order valence-electron chi connectivity index (χ2n) is 5.00. The highest BCUT2D eigenvalue weighted by Crippen LogP contribution is 2.33. The van der Waals surface area contributed by atoms with E-state index >= 15 is 0 Å². The van der Waals surface area contributed by atoms with Gasteiger partial charge in [0.2, 0.25) is 0 Å². The van der Waals surface area contributed by atoms with Gasteiger partial charge in [0.1, 0.15) is 5.75 Å². The number of benzene rings is 2. The average Bonchev–Trinajstić information content (AvgIpc) is 2.32. The Morgan fingerprint density at radius 1 is 1.06 bits per heavy atom. The van der Waals surface area contributed by atoms with Crippen molar-refractivity contribution in [3.63, 3.8) is 0 Å². The normalized spacial score (nSPS) is 10.9. The number of hydrogen-bond donors (Lipinski definition) is 2. The van der Waals surface area contributed by atoms with Crippen molar-refractivity contribution in [3.8, 4) is 16.9 Å². The predicted octanol–water partition coefficient (Wildman–Crippen LogP) is 4.07. The third kappa shape index (κ3) is 2.33. The minimum atomic E-state index is 0.328. The van der Waals surface area contributed by atoms with Crippen LogP contribution >= 0.6 is 0 Å². The molecule has 0 aliphatic rings. The van der Waals surface area contributed by atoms with Gasteiger partial charge in [0.25, 0.3) is 0 Å². The fraction of sp³-hybridized carbons (Fsp3) is 0.250. The lowest BCUT2D eigenvalue weighted by Gasteiger charge is -2.14. The van der Waals surface area contributed by atoms with Crippen molar-refractivity contribution in [1.29, 1.82) is 0 Å². The number of nitrogens with two attached hydrogens (primary N) is 1. The highest BCUT2D eigenvalue weighted by Gasteiger charge is 2.10. The summed E-state index contributed by atoms with van der Waals surface area (Å²) >= 11 is 0. The summed E-state index contributed by atoms with van der Waals surface area (Å²) in [5.74, 6) is 0.767. The van der Waals surface area contributed by atoms with Crippen LogP contribution in [0, 0.1) is 6.92 Å². The molecule has 94 valence electrons. The number of rotatable bonds is 2. The van der Waals surface area contributed by atoms with Crippen molar-refractivity contribution in [2.45, 2.75) is 26.7 Å². The van der Waals surface area contributed by atoms with E-state index in [1.54, 1.807) is 6.07 Å². The summed E-state index contributed by atoms with van der Waals surface area (Å²) in [6, 6.07) is 11.7. The Balaban J connectivity index is 2.61. The van der Waals surface area contributed by atoms with Crippen LogP contribution in [0.1, 0.15) is 30.9 Å².